The fourth-order valence-corrected chi connectivity index (χ4v) is 8.41. The summed E-state index contributed by atoms with van der Waals surface area (Å²) in [4.78, 5) is 13.1. The molecule has 0 aliphatic heterocycles. The summed E-state index contributed by atoms with van der Waals surface area (Å²) in [6.07, 6.45) is 11.6. The highest BCUT2D eigenvalue weighted by molar-refractivity contribution is 5.82. The highest BCUT2D eigenvalue weighted by Gasteiger charge is 2.59. The molecule has 0 amide bonds. The van der Waals surface area contributed by atoms with E-state index < -0.39 is 5.60 Å². The summed E-state index contributed by atoms with van der Waals surface area (Å²) in [6, 6.07) is 0. The average molecular weight is 417 g/mol. The normalized spacial score (nSPS) is 45.4. The van der Waals surface area contributed by atoms with Gasteiger partial charge in [0.2, 0.25) is 0 Å². The number of ether oxygens (including phenoxy) is 1. The maximum absolute atomic E-state index is 13.1. The van der Waals surface area contributed by atoms with Gasteiger partial charge in [0.25, 0.3) is 0 Å². The summed E-state index contributed by atoms with van der Waals surface area (Å²) in [5.74, 6) is 4.04. The molecule has 1 aromatic rings. The Morgan fingerprint density at radius 1 is 1.13 bits per heavy atom. The van der Waals surface area contributed by atoms with Crippen molar-refractivity contribution < 1.29 is 14.6 Å². The summed E-state index contributed by atoms with van der Waals surface area (Å²) in [7, 11) is 1.69. The minimum absolute atomic E-state index is 0.130. The number of nitrogens with zero attached hydrogens (tertiary/aromatic N) is 4. The summed E-state index contributed by atoms with van der Waals surface area (Å²) in [5.41, 5.74) is -0.489. The quantitative estimate of drug-likeness (QED) is 0.794. The van der Waals surface area contributed by atoms with E-state index in [4.69, 9.17) is 4.74 Å². The van der Waals surface area contributed by atoms with E-state index in [0.717, 1.165) is 49.9 Å². The lowest BCUT2D eigenvalue weighted by Gasteiger charge is -2.57. The molecule has 0 radical (unpaired) electrons. The second-order valence-electron chi connectivity index (χ2n) is 11.0. The minimum atomic E-state index is -0.618. The first-order chi connectivity index (χ1) is 14.4. The number of aromatic nitrogens is 4. The number of aliphatic hydroxyl groups is 1. The largest absolute Gasteiger partial charge is 0.387 e. The van der Waals surface area contributed by atoms with Gasteiger partial charge in [-0.3, -0.25) is 4.79 Å². The summed E-state index contributed by atoms with van der Waals surface area (Å²) in [6.45, 7) is 3.17. The lowest BCUT2D eigenvalue weighted by Crippen LogP contribution is -2.52. The molecule has 5 rings (SSSR count). The van der Waals surface area contributed by atoms with E-state index in [9.17, 15) is 9.90 Å². The van der Waals surface area contributed by atoms with Gasteiger partial charge in [-0.2, -0.15) is 0 Å². The fraction of sp³-hybridized carbons (Fsp3) is 0.913. The zero-order chi connectivity index (χ0) is 20.9. The van der Waals surface area contributed by atoms with Gasteiger partial charge in [-0.15, -0.1) is 5.10 Å². The van der Waals surface area contributed by atoms with E-state index in [2.05, 4.69) is 22.4 Å². The van der Waals surface area contributed by atoms with Crippen LogP contribution in [0.4, 0.5) is 0 Å². The Bertz CT molecular complexity index is 771. The van der Waals surface area contributed by atoms with Crippen molar-refractivity contribution in [3.05, 3.63) is 6.33 Å². The number of rotatable bonds is 5. The van der Waals surface area contributed by atoms with Crippen molar-refractivity contribution in [2.45, 2.75) is 76.9 Å². The number of carbonyl (C=O) groups excluding carboxylic acids is 1. The van der Waals surface area contributed by atoms with Crippen LogP contribution >= 0.6 is 0 Å². The molecule has 0 aromatic carbocycles. The van der Waals surface area contributed by atoms with Crippen LogP contribution < -0.4 is 0 Å². The topological polar surface area (TPSA) is 90.1 Å². The lowest BCUT2D eigenvalue weighted by atomic mass is 9.49. The van der Waals surface area contributed by atoms with Crippen molar-refractivity contribution in [1.29, 1.82) is 0 Å². The summed E-state index contributed by atoms with van der Waals surface area (Å²) in [5, 5.41) is 22.2. The van der Waals surface area contributed by atoms with Crippen molar-refractivity contribution in [2.24, 2.45) is 40.9 Å². The molecule has 4 saturated carbocycles. The molecular formula is C23H36N4O3. The van der Waals surface area contributed by atoms with Crippen LogP contribution in [-0.4, -0.2) is 50.4 Å². The number of methoxy groups -OCH3 is 1. The van der Waals surface area contributed by atoms with Crippen molar-refractivity contribution in [3.63, 3.8) is 0 Å². The molecule has 1 heterocycles. The number of Topliss-reactive ketones (excluding diaryl/α,β-unsaturated/α-hetero) is 1. The first-order valence-electron chi connectivity index (χ1n) is 11.9. The number of fused-ring (bicyclic) bond motifs is 5. The molecule has 4 aliphatic carbocycles. The molecule has 4 aliphatic rings. The van der Waals surface area contributed by atoms with Crippen LogP contribution in [-0.2, 0) is 16.1 Å². The first-order valence-corrected chi connectivity index (χ1v) is 11.9. The molecule has 166 valence electrons. The van der Waals surface area contributed by atoms with Gasteiger partial charge in [0.05, 0.1) is 12.2 Å². The molecule has 7 nitrogen and oxygen atoms in total. The van der Waals surface area contributed by atoms with E-state index in [0.29, 0.717) is 30.8 Å². The van der Waals surface area contributed by atoms with Crippen LogP contribution in [0.5, 0.6) is 0 Å². The zero-order valence-electron chi connectivity index (χ0n) is 18.4. The Labute approximate surface area is 178 Å². The average Bonchev–Trinajstić information content (AvgIpc) is 3.34. The van der Waals surface area contributed by atoms with E-state index in [-0.39, 0.29) is 11.3 Å². The molecule has 8 atom stereocenters. The Hall–Kier alpha value is -1.34. The molecule has 1 aromatic heterocycles. The Balaban J connectivity index is 1.29. The van der Waals surface area contributed by atoms with Gasteiger partial charge >= 0.3 is 0 Å². The van der Waals surface area contributed by atoms with E-state index >= 15 is 0 Å². The van der Waals surface area contributed by atoms with Crippen LogP contribution in [0.1, 0.15) is 64.7 Å². The summed E-state index contributed by atoms with van der Waals surface area (Å²) >= 11 is 0. The second-order valence-corrected chi connectivity index (χ2v) is 11.0. The fourth-order valence-electron chi connectivity index (χ4n) is 8.41. The molecule has 1 N–H and O–H groups in total. The van der Waals surface area contributed by atoms with Crippen molar-refractivity contribution in [3.8, 4) is 0 Å². The monoisotopic (exact) mass is 416 g/mol. The van der Waals surface area contributed by atoms with Gasteiger partial charge in [-0.25, -0.2) is 4.68 Å². The maximum Gasteiger partial charge on any atom is 0.158 e. The first kappa shape index (κ1) is 20.6. The van der Waals surface area contributed by atoms with Crippen LogP contribution in [0, 0.1) is 40.9 Å². The number of hydrogen-bond donors (Lipinski definition) is 1. The van der Waals surface area contributed by atoms with Gasteiger partial charge < -0.3 is 9.84 Å². The third-order valence-corrected chi connectivity index (χ3v) is 9.61. The Morgan fingerprint density at radius 3 is 2.73 bits per heavy atom. The van der Waals surface area contributed by atoms with Crippen LogP contribution in [0.15, 0.2) is 6.33 Å². The van der Waals surface area contributed by atoms with Gasteiger partial charge in [-0.05, 0) is 103 Å². The van der Waals surface area contributed by atoms with E-state index in [1.165, 1.54) is 25.7 Å². The SMILES string of the molecule is COC[C@@]1(O)CC[C@H]2[C@H](CC[C@@H]3[C@@H]2CC[C@]2(C)[C@@H](C(=O)Cn4cnnn4)CC[C@@H]32)C1. The van der Waals surface area contributed by atoms with Gasteiger partial charge in [0.1, 0.15) is 12.9 Å². The van der Waals surface area contributed by atoms with Gasteiger partial charge in [0.15, 0.2) is 5.78 Å². The second kappa shape index (κ2) is 7.66. The van der Waals surface area contributed by atoms with E-state index in [1.54, 1.807) is 18.1 Å². The summed E-state index contributed by atoms with van der Waals surface area (Å²) < 4.78 is 6.88. The van der Waals surface area contributed by atoms with Gasteiger partial charge in [0, 0.05) is 13.0 Å². The van der Waals surface area contributed by atoms with Crippen LogP contribution in [0.25, 0.3) is 0 Å². The third-order valence-electron chi connectivity index (χ3n) is 9.61. The number of tetrazole rings is 1. The molecule has 30 heavy (non-hydrogen) atoms. The zero-order valence-corrected chi connectivity index (χ0v) is 18.4. The van der Waals surface area contributed by atoms with E-state index in [1.807, 2.05) is 0 Å². The molecule has 0 spiro atoms. The van der Waals surface area contributed by atoms with Gasteiger partial charge in [-0.1, -0.05) is 6.92 Å². The molecule has 0 unspecified atom stereocenters. The van der Waals surface area contributed by atoms with Crippen molar-refractivity contribution in [1.82, 2.24) is 20.2 Å². The number of hydrogen-bond acceptors (Lipinski definition) is 6. The highest BCUT2D eigenvalue weighted by Crippen LogP contribution is 2.64. The predicted octanol–water partition coefficient (Wildman–Crippen LogP) is 2.89. The Morgan fingerprint density at radius 2 is 1.97 bits per heavy atom. The third kappa shape index (κ3) is 3.32. The van der Waals surface area contributed by atoms with Crippen molar-refractivity contribution >= 4 is 5.78 Å². The molecular weight excluding hydrogens is 380 g/mol. The maximum atomic E-state index is 13.1. The number of carbonyl (C=O) groups is 1. The minimum Gasteiger partial charge on any atom is -0.387 e. The smallest absolute Gasteiger partial charge is 0.158 e. The highest BCUT2D eigenvalue weighted by atomic mass is 16.5. The molecule has 7 heteroatoms. The predicted molar refractivity (Wildman–Crippen MR) is 110 cm³/mol. The molecule has 0 bridgehead atoms. The lowest BCUT2D eigenvalue weighted by molar-refractivity contribution is -0.136. The number of ketones is 1. The Kier molecular flexibility index (Phi) is 5.25. The van der Waals surface area contributed by atoms with Crippen LogP contribution in [0.2, 0.25) is 0 Å². The molecule has 0 saturated heterocycles. The standard InChI is InChI=1S/C23H36N4O3/c1-22-9-7-17-16-8-10-23(29,13-30-2)11-15(16)3-4-18(17)19(22)5-6-20(22)21(28)12-27-14-24-25-26-27/h14-20,29H,3-13H2,1-2H3/t15-,16+,17-,18-,19+,20-,22+,23-/m1/s1. The van der Waals surface area contributed by atoms with Crippen LogP contribution in [0.3, 0.4) is 0 Å². The molecule has 4 fully saturated rings. The van der Waals surface area contributed by atoms with Crippen molar-refractivity contribution in [2.75, 3.05) is 13.7 Å².